The van der Waals surface area contributed by atoms with Gasteiger partial charge in [0.25, 0.3) is 0 Å². The number of hydrogen-bond donors (Lipinski definition) is 1. The zero-order valence-corrected chi connectivity index (χ0v) is 10.2. The molecule has 2 aromatic rings. The van der Waals surface area contributed by atoms with Crippen molar-refractivity contribution >= 4 is 16.9 Å². The number of hydrogen-bond acceptors (Lipinski definition) is 2. The number of benzene rings is 1. The highest BCUT2D eigenvalue weighted by Crippen LogP contribution is 2.30. The summed E-state index contributed by atoms with van der Waals surface area (Å²) in [6.45, 7) is 3.44. The molecule has 0 aliphatic carbocycles. The lowest BCUT2D eigenvalue weighted by Gasteiger charge is -2.09. The SMILES string of the molecule is Cc1c(C)n(C(N)=O)c2cc(OC(F)(F)F)ccc12. The van der Waals surface area contributed by atoms with Gasteiger partial charge in [0.05, 0.1) is 5.52 Å². The van der Waals surface area contributed by atoms with E-state index in [9.17, 15) is 18.0 Å². The van der Waals surface area contributed by atoms with E-state index < -0.39 is 12.4 Å². The molecule has 0 radical (unpaired) electrons. The van der Waals surface area contributed by atoms with Crippen molar-refractivity contribution in [2.75, 3.05) is 0 Å². The summed E-state index contributed by atoms with van der Waals surface area (Å²) in [4.78, 5) is 11.4. The van der Waals surface area contributed by atoms with Crippen LogP contribution >= 0.6 is 0 Å². The number of aromatic nitrogens is 1. The fraction of sp³-hybridized carbons (Fsp3) is 0.250. The fourth-order valence-corrected chi connectivity index (χ4v) is 2.04. The van der Waals surface area contributed by atoms with E-state index in [1.165, 1.54) is 12.1 Å². The van der Waals surface area contributed by atoms with Gasteiger partial charge < -0.3 is 10.5 Å². The minimum Gasteiger partial charge on any atom is -0.406 e. The largest absolute Gasteiger partial charge is 0.573 e. The number of ether oxygens (including phenoxy) is 1. The van der Waals surface area contributed by atoms with E-state index in [1.54, 1.807) is 13.8 Å². The number of rotatable bonds is 1. The molecule has 0 atom stereocenters. The van der Waals surface area contributed by atoms with Crippen molar-refractivity contribution in [1.82, 2.24) is 4.57 Å². The second-order valence-corrected chi connectivity index (χ2v) is 4.11. The highest BCUT2D eigenvalue weighted by molar-refractivity contribution is 5.95. The van der Waals surface area contributed by atoms with Gasteiger partial charge >= 0.3 is 12.4 Å². The second-order valence-electron chi connectivity index (χ2n) is 4.11. The average Bonchev–Trinajstić information content (AvgIpc) is 2.49. The van der Waals surface area contributed by atoms with Crippen LogP contribution in [-0.4, -0.2) is 17.0 Å². The smallest absolute Gasteiger partial charge is 0.406 e. The van der Waals surface area contributed by atoms with Crippen molar-refractivity contribution in [3.05, 3.63) is 29.5 Å². The van der Waals surface area contributed by atoms with Crippen molar-refractivity contribution in [3.8, 4) is 5.75 Å². The molecular weight excluding hydrogens is 261 g/mol. The Morgan fingerprint density at radius 1 is 1.32 bits per heavy atom. The first-order valence-electron chi connectivity index (χ1n) is 5.38. The van der Waals surface area contributed by atoms with Crippen LogP contribution in [0.3, 0.4) is 0 Å². The predicted octanol–water partition coefficient (Wildman–Crippen LogP) is 3.08. The first-order chi connectivity index (χ1) is 8.70. The van der Waals surface area contributed by atoms with E-state index in [0.717, 1.165) is 16.2 Å². The quantitative estimate of drug-likeness (QED) is 0.867. The number of amides is 1. The Bertz CT molecular complexity index is 659. The van der Waals surface area contributed by atoms with Gasteiger partial charge in [0.1, 0.15) is 5.75 Å². The molecule has 0 fully saturated rings. The molecule has 1 aromatic heterocycles. The monoisotopic (exact) mass is 272 g/mol. The third kappa shape index (κ3) is 2.35. The molecule has 7 heteroatoms. The maximum Gasteiger partial charge on any atom is 0.573 e. The highest BCUT2D eigenvalue weighted by Gasteiger charge is 2.31. The maximum atomic E-state index is 12.2. The summed E-state index contributed by atoms with van der Waals surface area (Å²) in [5.41, 5.74) is 6.90. The summed E-state index contributed by atoms with van der Waals surface area (Å²) in [7, 11) is 0. The van der Waals surface area contributed by atoms with Crippen molar-refractivity contribution in [3.63, 3.8) is 0 Å². The van der Waals surface area contributed by atoms with Crippen LogP contribution in [0.1, 0.15) is 11.3 Å². The molecule has 102 valence electrons. The standard InChI is InChI=1S/C12H11F3N2O2/c1-6-7(2)17(11(16)18)10-5-8(3-4-9(6)10)19-12(13,14)15/h3-5H,1-2H3,(H2,16,18). The van der Waals surface area contributed by atoms with Crippen molar-refractivity contribution < 1.29 is 22.7 Å². The molecule has 0 aliphatic rings. The van der Waals surface area contributed by atoms with Crippen molar-refractivity contribution in [2.24, 2.45) is 5.73 Å². The second kappa shape index (κ2) is 4.18. The molecular formula is C12H11F3N2O2. The predicted molar refractivity (Wildman–Crippen MR) is 63.1 cm³/mol. The normalized spacial score (nSPS) is 11.8. The van der Waals surface area contributed by atoms with Crippen LogP contribution in [0.4, 0.5) is 18.0 Å². The number of carbonyl (C=O) groups is 1. The molecule has 0 saturated carbocycles. The Labute approximate surface area is 106 Å². The number of nitrogens with zero attached hydrogens (tertiary/aromatic N) is 1. The number of aryl methyl sites for hydroxylation is 1. The summed E-state index contributed by atoms with van der Waals surface area (Å²) in [6.07, 6.45) is -4.78. The minimum atomic E-state index is -4.78. The summed E-state index contributed by atoms with van der Waals surface area (Å²) < 4.78 is 41.5. The molecule has 0 spiro atoms. The van der Waals surface area contributed by atoms with Gasteiger partial charge in [-0.2, -0.15) is 0 Å². The van der Waals surface area contributed by atoms with Gasteiger partial charge in [0.2, 0.25) is 0 Å². The van der Waals surface area contributed by atoms with Gasteiger partial charge in [-0.3, -0.25) is 4.57 Å². The zero-order valence-electron chi connectivity index (χ0n) is 10.2. The molecule has 1 amide bonds. The number of alkyl halides is 3. The lowest BCUT2D eigenvalue weighted by atomic mass is 10.1. The van der Waals surface area contributed by atoms with E-state index in [-0.39, 0.29) is 5.75 Å². The average molecular weight is 272 g/mol. The van der Waals surface area contributed by atoms with Crippen LogP contribution in [0.15, 0.2) is 18.2 Å². The van der Waals surface area contributed by atoms with Gasteiger partial charge in [-0.15, -0.1) is 13.2 Å². The minimum absolute atomic E-state index is 0.296. The van der Waals surface area contributed by atoms with E-state index >= 15 is 0 Å². The van der Waals surface area contributed by atoms with Crippen molar-refractivity contribution in [1.29, 1.82) is 0 Å². The number of halogens is 3. The van der Waals surface area contributed by atoms with Gasteiger partial charge in [-0.05, 0) is 31.5 Å². The third-order valence-electron chi connectivity index (χ3n) is 2.95. The van der Waals surface area contributed by atoms with Crippen LogP contribution < -0.4 is 10.5 Å². The Kier molecular flexibility index (Phi) is 2.92. The van der Waals surface area contributed by atoms with Crippen LogP contribution in [-0.2, 0) is 0 Å². The summed E-state index contributed by atoms with van der Waals surface area (Å²) >= 11 is 0. The van der Waals surface area contributed by atoms with Crippen molar-refractivity contribution in [2.45, 2.75) is 20.2 Å². The lowest BCUT2D eigenvalue weighted by Crippen LogP contribution is -2.20. The third-order valence-corrected chi connectivity index (χ3v) is 2.95. The molecule has 0 saturated heterocycles. The summed E-state index contributed by atoms with van der Waals surface area (Å²) in [5.74, 6) is -0.389. The van der Waals surface area contributed by atoms with E-state index in [2.05, 4.69) is 4.74 Å². The topological polar surface area (TPSA) is 57.2 Å². The summed E-state index contributed by atoms with van der Waals surface area (Å²) in [6, 6.07) is 3.07. The molecule has 0 unspecified atom stereocenters. The Morgan fingerprint density at radius 2 is 1.95 bits per heavy atom. The first-order valence-corrected chi connectivity index (χ1v) is 5.38. The molecule has 0 aliphatic heterocycles. The molecule has 2 rings (SSSR count). The molecule has 1 aromatic carbocycles. The Morgan fingerprint density at radius 3 is 2.47 bits per heavy atom. The lowest BCUT2D eigenvalue weighted by molar-refractivity contribution is -0.274. The number of nitrogens with two attached hydrogens (primary N) is 1. The van der Waals surface area contributed by atoms with Crippen LogP contribution in [0.25, 0.3) is 10.9 Å². The molecule has 0 bridgehead atoms. The van der Waals surface area contributed by atoms with Gasteiger partial charge in [0, 0.05) is 17.1 Å². The first kappa shape index (κ1) is 13.3. The number of fused-ring (bicyclic) bond motifs is 1. The fourth-order valence-electron chi connectivity index (χ4n) is 2.04. The highest BCUT2D eigenvalue weighted by atomic mass is 19.4. The van der Waals surface area contributed by atoms with E-state index in [0.29, 0.717) is 16.6 Å². The maximum absolute atomic E-state index is 12.2. The van der Waals surface area contributed by atoms with Crippen LogP contribution in [0, 0.1) is 13.8 Å². The van der Waals surface area contributed by atoms with Gasteiger partial charge in [0.15, 0.2) is 0 Å². The Hall–Kier alpha value is -2.18. The Balaban J connectivity index is 2.65. The van der Waals surface area contributed by atoms with Crippen LogP contribution in [0.5, 0.6) is 5.75 Å². The van der Waals surface area contributed by atoms with E-state index in [4.69, 9.17) is 5.73 Å². The molecule has 4 nitrogen and oxygen atoms in total. The van der Waals surface area contributed by atoms with Gasteiger partial charge in [-0.25, -0.2) is 4.79 Å². The molecule has 2 N–H and O–H groups in total. The number of primary amides is 1. The van der Waals surface area contributed by atoms with E-state index in [1.807, 2.05) is 0 Å². The molecule has 19 heavy (non-hydrogen) atoms. The zero-order chi connectivity index (χ0) is 14.4. The molecule has 1 heterocycles. The number of carbonyl (C=O) groups excluding carboxylic acids is 1. The van der Waals surface area contributed by atoms with Gasteiger partial charge in [-0.1, -0.05) is 0 Å². The summed E-state index contributed by atoms with van der Waals surface area (Å²) in [5, 5.41) is 0.658. The van der Waals surface area contributed by atoms with Crippen LogP contribution in [0.2, 0.25) is 0 Å².